The van der Waals surface area contributed by atoms with E-state index in [9.17, 15) is 22.4 Å². The van der Waals surface area contributed by atoms with Crippen molar-refractivity contribution in [2.24, 2.45) is 7.05 Å². The first-order valence-electron chi connectivity index (χ1n) is 12.2. The number of halogens is 4. The minimum Gasteiger partial charge on any atom is -0.477 e. The number of carbonyl (C=O) groups excluding carboxylic acids is 1. The second kappa shape index (κ2) is 10.1. The predicted octanol–water partition coefficient (Wildman–Crippen LogP) is 4.77. The van der Waals surface area contributed by atoms with Gasteiger partial charge in [-0.05, 0) is 37.0 Å². The third-order valence-electron chi connectivity index (χ3n) is 6.48. The molecule has 1 aliphatic carbocycles. The molecule has 1 aromatic carbocycles. The van der Waals surface area contributed by atoms with Gasteiger partial charge in [0.05, 0.1) is 13.0 Å². The first-order chi connectivity index (χ1) is 18.6. The average Bonchev–Trinajstić information content (AvgIpc) is 3.47. The molecule has 0 unspecified atom stereocenters. The Morgan fingerprint density at radius 2 is 1.90 bits per heavy atom. The lowest BCUT2D eigenvalue weighted by Gasteiger charge is -2.14. The molecule has 0 saturated heterocycles. The fourth-order valence-corrected chi connectivity index (χ4v) is 4.25. The fraction of sp³-hybridized carbons (Fsp3) is 0.346. The molecule has 1 fully saturated rings. The molecule has 204 valence electrons. The molecule has 1 N–H and O–H groups in total. The zero-order chi connectivity index (χ0) is 27.8. The Bertz CT molecular complexity index is 1490. The topological polar surface area (TPSA) is 108 Å². The maximum Gasteiger partial charge on any atom is 0.401 e. The number of ether oxygens (including phenoxy) is 1. The molecule has 39 heavy (non-hydrogen) atoms. The van der Waals surface area contributed by atoms with E-state index in [1.165, 1.54) is 12.1 Å². The molecule has 3 aromatic heterocycles. The number of aryl methyl sites for hydroxylation is 1. The van der Waals surface area contributed by atoms with E-state index in [4.69, 9.17) is 9.26 Å². The third kappa shape index (κ3) is 5.47. The Morgan fingerprint density at radius 3 is 2.54 bits per heavy atom. The number of amides is 1. The van der Waals surface area contributed by atoms with Gasteiger partial charge >= 0.3 is 6.18 Å². The number of hydrogen-bond acceptors (Lipinski definition) is 7. The van der Waals surface area contributed by atoms with Gasteiger partial charge in [-0.25, -0.2) is 14.4 Å². The highest BCUT2D eigenvalue weighted by Gasteiger charge is 2.66. The third-order valence-corrected chi connectivity index (χ3v) is 6.48. The van der Waals surface area contributed by atoms with Crippen molar-refractivity contribution in [3.05, 3.63) is 71.4 Å². The highest BCUT2D eigenvalue weighted by Crippen LogP contribution is 2.59. The maximum absolute atomic E-state index is 14.8. The van der Waals surface area contributed by atoms with Crippen LogP contribution in [0.4, 0.5) is 23.4 Å². The van der Waals surface area contributed by atoms with Gasteiger partial charge < -0.3 is 14.6 Å². The zero-order valence-electron chi connectivity index (χ0n) is 21.0. The number of aromatic nitrogens is 5. The van der Waals surface area contributed by atoms with Gasteiger partial charge in [-0.3, -0.25) is 9.48 Å². The van der Waals surface area contributed by atoms with Crippen molar-refractivity contribution < 1.29 is 31.6 Å². The summed E-state index contributed by atoms with van der Waals surface area (Å²) in [5.41, 5.74) is 0.000598. The lowest BCUT2D eigenvalue weighted by molar-refractivity contribution is -0.165. The number of nitrogens with zero attached hydrogens (tertiary/aromatic N) is 5. The number of nitrogens with one attached hydrogen (secondary N) is 1. The van der Waals surface area contributed by atoms with E-state index in [1.807, 2.05) is 13.1 Å². The van der Waals surface area contributed by atoms with E-state index in [0.717, 1.165) is 11.6 Å². The van der Waals surface area contributed by atoms with Crippen LogP contribution in [0.15, 0.2) is 47.4 Å². The molecule has 9 nitrogen and oxygen atoms in total. The second-order valence-corrected chi connectivity index (χ2v) is 9.32. The first-order valence-corrected chi connectivity index (χ1v) is 12.2. The van der Waals surface area contributed by atoms with E-state index in [2.05, 4.69) is 25.5 Å². The van der Waals surface area contributed by atoms with Crippen molar-refractivity contribution in [1.82, 2.24) is 24.9 Å². The second-order valence-electron chi connectivity index (χ2n) is 9.32. The smallest absolute Gasteiger partial charge is 0.401 e. The van der Waals surface area contributed by atoms with Gasteiger partial charge in [-0.1, -0.05) is 17.3 Å². The lowest BCUT2D eigenvalue weighted by atomic mass is 10.0. The number of benzene rings is 1. The lowest BCUT2D eigenvalue weighted by Crippen LogP contribution is -2.28. The maximum atomic E-state index is 14.8. The van der Waals surface area contributed by atoms with Crippen LogP contribution in [0.2, 0.25) is 0 Å². The normalized spacial score (nSPS) is 14.3. The molecule has 3 heterocycles. The molecule has 0 bridgehead atoms. The van der Waals surface area contributed by atoms with Gasteiger partial charge in [0.25, 0.3) is 0 Å². The van der Waals surface area contributed by atoms with Crippen LogP contribution in [0.25, 0.3) is 11.1 Å². The van der Waals surface area contributed by atoms with Crippen molar-refractivity contribution in [1.29, 1.82) is 0 Å². The van der Waals surface area contributed by atoms with Crippen LogP contribution in [0.1, 0.15) is 42.5 Å². The molecule has 0 atom stereocenters. The molecular weight excluding hydrogens is 520 g/mol. The van der Waals surface area contributed by atoms with E-state index < -0.39 is 23.3 Å². The number of hydrogen-bond donors (Lipinski definition) is 1. The first kappa shape index (κ1) is 26.3. The summed E-state index contributed by atoms with van der Waals surface area (Å²) >= 11 is 0. The van der Waals surface area contributed by atoms with Crippen LogP contribution >= 0.6 is 0 Å². The summed E-state index contributed by atoms with van der Waals surface area (Å²) in [5.74, 6) is -0.707. The molecule has 13 heteroatoms. The van der Waals surface area contributed by atoms with Crippen molar-refractivity contribution in [2.75, 3.05) is 11.9 Å². The van der Waals surface area contributed by atoms with Gasteiger partial charge in [0.1, 0.15) is 17.1 Å². The van der Waals surface area contributed by atoms with E-state index in [0.29, 0.717) is 35.9 Å². The van der Waals surface area contributed by atoms with Crippen LogP contribution in [0.3, 0.4) is 0 Å². The molecule has 0 aliphatic heterocycles. The minimum atomic E-state index is -4.46. The summed E-state index contributed by atoms with van der Waals surface area (Å²) in [6, 6.07) is 5.42. The molecule has 0 spiro atoms. The highest BCUT2D eigenvalue weighted by molar-refractivity contribution is 5.91. The Labute approximate surface area is 220 Å². The Balaban J connectivity index is 1.21. The standard InChI is InChI=1S/C26H24F4N6O3/c1-3-38-24-17(14-36(2)34-24)9-21-31-12-18(13-32-21)15-4-5-16(19(27)8-15)10-23(37)33-22-11-20(39-35-22)25(6-7-25)26(28,29)30/h4-5,8,11-14H,3,6-7,9-10H2,1-2H3,(H,33,35,37). The van der Waals surface area contributed by atoms with Gasteiger partial charge in [0.2, 0.25) is 11.8 Å². The Kier molecular flexibility index (Phi) is 6.83. The van der Waals surface area contributed by atoms with E-state index in [-0.39, 0.29) is 36.4 Å². The number of alkyl halides is 3. The SMILES string of the molecule is CCOc1nn(C)cc1Cc1ncc(-c2ccc(CC(=O)Nc3cc(C4(C(F)(F)F)CC4)on3)c(F)c2)cn1. The van der Waals surface area contributed by atoms with Crippen molar-refractivity contribution in [3.63, 3.8) is 0 Å². The molecule has 0 radical (unpaired) electrons. The summed E-state index contributed by atoms with van der Waals surface area (Å²) < 4.78 is 66.6. The minimum absolute atomic E-state index is 0.0935. The summed E-state index contributed by atoms with van der Waals surface area (Å²) in [7, 11) is 1.80. The predicted molar refractivity (Wildman–Crippen MR) is 130 cm³/mol. The Hall–Kier alpha value is -4.29. The quantitative estimate of drug-likeness (QED) is 0.303. The largest absolute Gasteiger partial charge is 0.477 e. The summed E-state index contributed by atoms with van der Waals surface area (Å²) in [5, 5.41) is 10.1. The van der Waals surface area contributed by atoms with Crippen LogP contribution in [0, 0.1) is 5.82 Å². The zero-order valence-corrected chi connectivity index (χ0v) is 21.0. The van der Waals surface area contributed by atoms with E-state index >= 15 is 0 Å². The molecule has 1 saturated carbocycles. The average molecular weight is 545 g/mol. The van der Waals surface area contributed by atoms with Gasteiger partial charge in [-0.15, -0.1) is 5.10 Å². The van der Waals surface area contributed by atoms with Gasteiger partial charge in [0, 0.05) is 49.3 Å². The summed E-state index contributed by atoms with van der Waals surface area (Å²) in [6.45, 7) is 2.36. The molecule has 4 aromatic rings. The summed E-state index contributed by atoms with van der Waals surface area (Å²) in [4.78, 5) is 21.1. The van der Waals surface area contributed by atoms with Gasteiger partial charge in [0.15, 0.2) is 11.6 Å². The van der Waals surface area contributed by atoms with Crippen LogP contribution in [0.5, 0.6) is 5.88 Å². The van der Waals surface area contributed by atoms with Crippen molar-refractivity contribution >= 4 is 11.7 Å². The molecule has 5 rings (SSSR count). The number of carbonyl (C=O) groups is 1. The van der Waals surface area contributed by atoms with Crippen LogP contribution in [-0.4, -0.2) is 43.6 Å². The van der Waals surface area contributed by atoms with E-state index in [1.54, 1.807) is 30.2 Å². The fourth-order valence-electron chi connectivity index (χ4n) is 4.25. The van der Waals surface area contributed by atoms with Crippen LogP contribution < -0.4 is 10.1 Å². The van der Waals surface area contributed by atoms with Crippen molar-refractivity contribution in [3.8, 4) is 17.0 Å². The summed E-state index contributed by atoms with van der Waals surface area (Å²) in [6.07, 6.45) is 0.410. The highest BCUT2D eigenvalue weighted by atomic mass is 19.4. The molecule has 1 aliphatic rings. The molecular formula is C26H24F4N6O3. The van der Waals surface area contributed by atoms with Crippen LogP contribution in [-0.2, 0) is 30.1 Å². The monoisotopic (exact) mass is 544 g/mol. The van der Waals surface area contributed by atoms with Crippen molar-refractivity contribution in [2.45, 2.75) is 44.2 Å². The van der Waals surface area contributed by atoms with Gasteiger partial charge in [-0.2, -0.15) is 13.2 Å². The molecule has 1 amide bonds. The number of anilines is 1. The Morgan fingerprint density at radius 1 is 1.15 bits per heavy atom. The number of rotatable bonds is 9.